The number of hydrogen-bond acceptors (Lipinski definition) is 0. The Labute approximate surface area is 55.2 Å². The Balaban J connectivity index is 2.30. The largest absolute Gasteiger partial charge is 0.226 e. The van der Waals surface area contributed by atoms with Crippen LogP contribution in [0.2, 0.25) is 0 Å². The van der Waals surface area contributed by atoms with Gasteiger partial charge in [0.2, 0.25) is 0 Å². The van der Waals surface area contributed by atoms with Gasteiger partial charge in [-0.25, -0.2) is 4.39 Å². The van der Waals surface area contributed by atoms with Gasteiger partial charge in [0.05, 0.1) is 0 Å². The van der Waals surface area contributed by atoms with E-state index in [2.05, 4.69) is 15.9 Å². The molecule has 1 rings (SSSR count). The number of rotatable bonds is 1. The van der Waals surface area contributed by atoms with Crippen LogP contribution in [0.4, 0.5) is 4.39 Å². The van der Waals surface area contributed by atoms with E-state index in [9.17, 15) is 4.39 Å². The van der Waals surface area contributed by atoms with Crippen molar-refractivity contribution in [2.45, 2.75) is 11.5 Å². The van der Waals surface area contributed by atoms with Crippen LogP contribution in [0.25, 0.3) is 0 Å². The minimum absolute atomic E-state index is 0.0640. The molecule has 1 fully saturated rings. The molecule has 0 amide bonds. The third-order valence-electron chi connectivity index (χ3n) is 1.14. The van der Waals surface area contributed by atoms with Crippen LogP contribution in [-0.4, -0.2) is 10.5 Å². The second kappa shape index (κ2) is 1.59. The van der Waals surface area contributed by atoms with Crippen LogP contribution in [0.1, 0.15) is 6.42 Å². The molecule has 0 radical (unpaired) electrons. The maximum atomic E-state index is 12.2. The maximum absolute atomic E-state index is 12.2. The standard InChI is InChI=1S/C4H5BrClF/c5-2-3-1-4(3,6)7/h3H,1-2H2. The van der Waals surface area contributed by atoms with Gasteiger partial charge in [0.1, 0.15) is 0 Å². The van der Waals surface area contributed by atoms with Crippen LogP contribution in [0, 0.1) is 5.92 Å². The van der Waals surface area contributed by atoms with E-state index in [1.54, 1.807) is 0 Å². The van der Waals surface area contributed by atoms with Crippen molar-refractivity contribution in [3.05, 3.63) is 0 Å². The van der Waals surface area contributed by atoms with Gasteiger partial charge in [-0.3, -0.25) is 0 Å². The summed E-state index contributed by atoms with van der Waals surface area (Å²) in [5.74, 6) is 0.0640. The highest BCUT2D eigenvalue weighted by Crippen LogP contribution is 2.51. The number of hydrogen-bond donors (Lipinski definition) is 0. The average Bonchev–Trinajstić information content (AvgIpc) is 2.13. The van der Waals surface area contributed by atoms with Gasteiger partial charge in [0.15, 0.2) is 5.13 Å². The molecule has 2 unspecified atom stereocenters. The van der Waals surface area contributed by atoms with Crippen molar-refractivity contribution in [1.82, 2.24) is 0 Å². The molecule has 1 aliphatic rings. The first-order chi connectivity index (χ1) is 3.17. The summed E-state index contributed by atoms with van der Waals surface area (Å²) in [5, 5.41) is -0.670. The third-order valence-corrected chi connectivity index (χ3v) is 2.39. The molecule has 42 valence electrons. The lowest BCUT2D eigenvalue weighted by atomic mass is 10.5. The molecule has 1 aliphatic carbocycles. The van der Waals surface area contributed by atoms with Crippen molar-refractivity contribution >= 4 is 27.5 Å². The predicted molar refractivity (Wildman–Crippen MR) is 31.6 cm³/mol. The van der Waals surface area contributed by atoms with E-state index in [1.165, 1.54) is 0 Å². The van der Waals surface area contributed by atoms with E-state index in [-0.39, 0.29) is 5.92 Å². The van der Waals surface area contributed by atoms with Crippen LogP contribution in [-0.2, 0) is 0 Å². The van der Waals surface area contributed by atoms with E-state index in [4.69, 9.17) is 11.6 Å². The monoisotopic (exact) mass is 186 g/mol. The number of alkyl halides is 3. The first-order valence-electron chi connectivity index (χ1n) is 2.10. The van der Waals surface area contributed by atoms with Crippen LogP contribution in [0.3, 0.4) is 0 Å². The van der Waals surface area contributed by atoms with E-state index >= 15 is 0 Å². The van der Waals surface area contributed by atoms with Crippen LogP contribution < -0.4 is 0 Å². The second-order valence-corrected chi connectivity index (χ2v) is 3.09. The van der Waals surface area contributed by atoms with Crippen molar-refractivity contribution < 1.29 is 4.39 Å². The SMILES string of the molecule is FC1(Cl)CC1CBr. The van der Waals surface area contributed by atoms with Gasteiger partial charge in [-0.15, -0.1) is 0 Å². The topological polar surface area (TPSA) is 0 Å². The number of halogens is 3. The van der Waals surface area contributed by atoms with E-state index in [1.807, 2.05) is 0 Å². The fourth-order valence-corrected chi connectivity index (χ4v) is 1.63. The van der Waals surface area contributed by atoms with Gasteiger partial charge in [0, 0.05) is 17.7 Å². The highest BCUT2D eigenvalue weighted by atomic mass is 79.9. The van der Waals surface area contributed by atoms with Crippen molar-refractivity contribution in [1.29, 1.82) is 0 Å². The Hall–Kier alpha value is 0.700. The Kier molecular flexibility index (Phi) is 1.32. The van der Waals surface area contributed by atoms with Crippen molar-refractivity contribution in [3.63, 3.8) is 0 Å². The predicted octanol–water partition coefficient (Wildman–Crippen LogP) is 2.31. The zero-order chi connectivity index (χ0) is 5.49. The van der Waals surface area contributed by atoms with Gasteiger partial charge in [-0.1, -0.05) is 27.5 Å². The van der Waals surface area contributed by atoms with Gasteiger partial charge >= 0.3 is 0 Å². The average molecular weight is 187 g/mol. The summed E-state index contributed by atoms with van der Waals surface area (Å²) in [6.07, 6.45) is 0.514. The van der Waals surface area contributed by atoms with Crippen molar-refractivity contribution in [2.24, 2.45) is 5.92 Å². The minimum Gasteiger partial charge on any atom is -0.226 e. The molecule has 0 aromatic rings. The molecule has 0 aromatic heterocycles. The van der Waals surface area contributed by atoms with E-state index in [0.717, 1.165) is 0 Å². The molecule has 0 aromatic carbocycles. The minimum atomic E-state index is -1.36. The molecule has 0 aliphatic heterocycles. The van der Waals surface area contributed by atoms with Crippen LogP contribution in [0.5, 0.6) is 0 Å². The third kappa shape index (κ3) is 1.08. The summed E-state index contributed by atoms with van der Waals surface area (Å²) in [6.45, 7) is 0. The molecule has 1 saturated carbocycles. The van der Waals surface area contributed by atoms with Crippen molar-refractivity contribution in [3.8, 4) is 0 Å². The fourth-order valence-electron chi connectivity index (χ4n) is 0.437. The Morgan fingerprint density at radius 3 is 2.43 bits per heavy atom. The Bertz CT molecular complexity index is 83.8. The lowest BCUT2D eigenvalue weighted by Crippen LogP contribution is -1.90. The van der Waals surface area contributed by atoms with Gasteiger partial charge in [-0.05, 0) is 0 Å². The molecule has 2 atom stereocenters. The van der Waals surface area contributed by atoms with Crippen LogP contribution in [0.15, 0.2) is 0 Å². The van der Waals surface area contributed by atoms with E-state index in [0.29, 0.717) is 11.8 Å². The molecule has 0 nitrogen and oxygen atoms in total. The molecular formula is C4H5BrClF. The molecule has 0 N–H and O–H groups in total. The van der Waals surface area contributed by atoms with E-state index < -0.39 is 5.13 Å². The summed E-state index contributed by atoms with van der Waals surface area (Å²) in [5.41, 5.74) is 0. The van der Waals surface area contributed by atoms with Gasteiger partial charge in [-0.2, -0.15) is 0 Å². The lowest BCUT2D eigenvalue weighted by Gasteiger charge is -1.87. The zero-order valence-corrected chi connectivity index (χ0v) is 5.97. The zero-order valence-electron chi connectivity index (χ0n) is 3.63. The summed E-state index contributed by atoms with van der Waals surface area (Å²) < 4.78 is 12.2. The van der Waals surface area contributed by atoms with Gasteiger partial charge < -0.3 is 0 Å². The lowest BCUT2D eigenvalue weighted by molar-refractivity contribution is 0.404. The smallest absolute Gasteiger partial charge is 0.187 e. The maximum Gasteiger partial charge on any atom is 0.187 e. The molecule has 0 spiro atoms. The van der Waals surface area contributed by atoms with Gasteiger partial charge in [0.25, 0.3) is 0 Å². The fraction of sp³-hybridized carbons (Fsp3) is 1.00. The normalized spacial score (nSPS) is 49.3. The molecule has 3 heteroatoms. The summed E-state index contributed by atoms with van der Waals surface area (Å²) >= 11 is 8.34. The first kappa shape index (κ1) is 5.83. The van der Waals surface area contributed by atoms with Crippen LogP contribution >= 0.6 is 27.5 Å². The summed E-state index contributed by atoms with van der Waals surface area (Å²) in [6, 6.07) is 0. The second-order valence-electron chi connectivity index (χ2n) is 1.82. The molecule has 0 saturated heterocycles. The molecule has 7 heavy (non-hydrogen) atoms. The quantitative estimate of drug-likeness (QED) is 0.553. The highest BCUT2D eigenvalue weighted by molar-refractivity contribution is 9.09. The summed E-state index contributed by atoms with van der Waals surface area (Å²) in [4.78, 5) is 0. The first-order valence-corrected chi connectivity index (χ1v) is 3.60. The summed E-state index contributed by atoms with van der Waals surface area (Å²) in [7, 11) is 0. The Morgan fingerprint density at radius 2 is 2.43 bits per heavy atom. The molecule has 0 heterocycles. The molecule has 0 bridgehead atoms. The Morgan fingerprint density at radius 1 is 2.00 bits per heavy atom. The molecular weight excluding hydrogens is 182 g/mol. The van der Waals surface area contributed by atoms with Crippen molar-refractivity contribution in [2.75, 3.05) is 5.33 Å². The highest BCUT2D eigenvalue weighted by Gasteiger charge is 2.53.